The Balaban J connectivity index is 1.45. The molecule has 1 aromatic carbocycles. The van der Waals surface area contributed by atoms with Crippen LogP contribution in [0.2, 0.25) is 5.02 Å². The van der Waals surface area contributed by atoms with Gasteiger partial charge in [-0.3, -0.25) is 14.8 Å². The largest absolute Gasteiger partial charge is 0.431 e. The first-order valence-corrected chi connectivity index (χ1v) is 10.4. The summed E-state index contributed by atoms with van der Waals surface area (Å²) in [6, 6.07) is 9.79. The van der Waals surface area contributed by atoms with Gasteiger partial charge >= 0.3 is 0 Å². The Morgan fingerprint density at radius 2 is 1.97 bits per heavy atom. The monoisotopic (exact) mass is 438 g/mol. The molecule has 0 radical (unpaired) electrons. The van der Waals surface area contributed by atoms with Crippen LogP contribution >= 0.6 is 11.6 Å². The molecule has 1 amide bonds. The summed E-state index contributed by atoms with van der Waals surface area (Å²) in [7, 11) is 0. The van der Waals surface area contributed by atoms with E-state index in [1.165, 1.54) is 6.26 Å². The summed E-state index contributed by atoms with van der Waals surface area (Å²) in [4.78, 5) is 25.3. The molecule has 0 aliphatic heterocycles. The van der Waals surface area contributed by atoms with Gasteiger partial charge in [-0.1, -0.05) is 23.7 Å². The molecule has 0 saturated heterocycles. The number of nitrogens with one attached hydrogen (secondary N) is 1. The molecule has 160 valence electrons. The molecule has 1 aliphatic carbocycles. The van der Waals surface area contributed by atoms with E-state index in [-0.39, 0.29) is 11.7 Å². The molecule has 5 N–H and O–H groups in total. The minimum Gasteiger partial charge on any atom is -0.431 e. The Hall–Kier alpha value is -3.23. The first-order valence-electron chi connectivity index (χ1n) is 10.0. The maximum absolute atomic E-state index is 12.3. The minimum atomic E-state index is -0.465. The number of amides is 1. The average molecular weight is 439 g/mol. The topological polar surface area (TPSA) is 132 Å². The van der Waals surface area contributed by atoms with Gasteiger partial charge < -0.3 is 21.2 Å². The lowest BCUT2D eigenvalue weighted by atomic mass is 9.92. The fourth-order valence-electron chi connectivity index (χ4n) is 3.46. The summed E-state index contributed by atoms with van der Waals surface area (Å²) >= 11 is 6.25. The van der Waals surface area contributed by atoms with E-state index < -0.39 is 5.91 Å². The van der Waals surface area contributed by atoms with Gasteiger partial charge in [0.1, 0.15) is 6.26 Å². The van der Waals surface area contributed by atoms with E-state index in [9.17, 15) is 4.79 Å². The van der Waals surface area contributed by atoms with Gasteiger partial charge in [-0.2, -0.15) is 4.98 Å². The van der Waals surface area contributed by atoms with E-state index in [4.69, 9.17) is 27.5 Å². The second kappa shape index (κ2) is 9.28. The number of aliphatic imine (C=N–C) groups is 1. The van der Waals surface area contributed by atoms with E-state index in [0.29, 0.717) is 22.8 Å². The van der Waals surface area contributed by atoms with Crippen LogP contribution in [0, 0.1) is 0 Å². The van der Waals surface area contributed by atoms with Crippen LogP contribution in [0.3, 0.4) is 0 Å². The lowest BCUT2D eigenvalue weighted by Crippen LogP contribution is -2.28. The molecule has 1 aliphatic rings. The number of halogens is 1. The highest BCUT2D eigenvalue weighted by molar-refractivity contribution is 6.34. The number of nitrogens with zero attached hydrogens (tertiary/aromatic N) is 3. The van der Waals surface area contributed by atoms with Crippen LogP contribution in [-0.4, -0.2) is 34.2 Å². The molecule has 31 heavy (non-hydrogen) atoms. The molecule has 9 heteroatoms. The molecular weight excluding hydrogens is 416 g/mol. The van der Waals surface area contributed by atoms with Crippen molar-refractivity contribution in [2.45, 2.75) is 37.8 Å². The van der Waals surface area contributed by atoms with Gasteiger partial charge in [0.15, 0.2) is 5.69 Å². The van der Waals surface area contributed by atoms with Crippen molar-refractivity contribution in [3.05, 3.63) is 59.2 Å². The second-order valence-corrected chi connectivity index (χ2v) is 7.95. The molecule has 0 atom stereocenters. The lowest BCUT2D eigenvalue weighted by molar-refractivity contribution is 0.102. The van der Waals surface area contributed by atoms with Crippen LogP contribution in [0.15, 0.2) is 52.2 Å². The maximum atomic E-state index is 12.3. The molecule has 0 spiro atoms. The molecule has 8 nitrogen and oxygen atoms in total. The first kappa shape index (κ1) is 21.0. The predicted octanol–water partition coefficient (Wildman–Crippen LogP) is 3.91. The number of pyridine rings is 1. The average Bonchev–Trinajstić information content (AvgIpc) is 3.22. The SMILES string of the molecule is Nc1nc(C(=O)Nc2cc(-c3ccc(C=NC4CCC(N)CC4)nc3)ccc2Cl)co1. The number of carbonyl (C=O) groups is 1. The highest BCUT2D eigenvalue weighted by atomic mass is 35.5. The second-order valence-electron chi connectivity index (χ2n) is 7.54. The van der Waals surface area contributed by atoms with Crippen molar-refractivity contribution in [2.75, 3.05) is 11.1 Å². The Morgan fingerprint density at radius 3 is 2.65 bits per heavy atom. The summed E-state index contributed by atoms with van der Waals surface area (Å²) < 4.78 is 4.87. The van der Waals surface area contributed by atoms with Gasteiger partial charge in [-0.25, -0.2) is 0 Å². The van der Waals surface area contributed by atoms with Crippen LogP contribution in [0.4, 0.5) is 11.7 Å². The van der Waals surface area contributed by atoms with Crippen molar-refractivity contribution >= 4 is 35.4 Å². The normalized spacial score (nSPS) is 18.9. The molecule has 2 heterocycles. The number of benzene rings is 1. The fourth-order valence-corrected chi connectivity index (χ4v) is 3.63. The van der Waals surface area contributed by atoms with Crippen molar-refractivity contribution in [2.24, 2.45) is 10.7 Å². The summed E-state index contributed by atoms with van der Waals surface area (Å²) in [6.45, 7) is 0. The molecule has 0 bridgehead atoms. The molecule has 4 rings (SSSR count). The summed E-state index contributed by atoms with van der Waals surface area (Å²) in [5.74, 6) is -0.465. The highest BCUT2D eigenvalue weighted by Gasteiger charge is 2.17. The van der Waals surface area contributed by atoms with Crippen molar-refractivity contribution in [1.29, 1.82) is 0 Å². The number of hydrogen-bond donors (Lipinski definition) is 3. The Labute approximate surface area is 184 Å². The van der Waals surface area contributed by atoms with Crippen LogP contribution in [-0.2, 0) is 0 Å². The molecule has 1 fully saturated rings. The van der Waals surface area contributed by atoms with Crippen LogP contribution in [0.1, 0.15) is 41.9 Å². The van der Waals surface area contributed by atoms with Crippen molar-refractivity contribution < 1.29 is 9.21 Å². The van der Waals surface area contributed by atoms with E-state index in [1.54, 1.807) is 18.3 Å². The summed E-state index contributed by atoms with van der Waals surface area (Å²) in [6.07, 6.45) is 8.87. The minimum absolute atomic E-state index is 0.0734. The van der Waals surface area contributed by atoms with Crippen molar-refractivity contribution in [1.82, 2.24) is 9.97 Å². The maximum Gasteiger partial charge on any atom is 0.292 e. The number of carbonyl (C=O) groups excluding carboxylic acids is 1. The van der Waals surface area contributed by atoms with E-state index in [0.717, 1.165) is 42.5 Å². The van der Waals surface area contributed by atoms with Gasteiger partial charge in [-0.15, -0.1) is 0 Å². The van der Waals surface area contributed by atoms with Gasteiger partial charge in [0.25, 0.3) is 11.9 Å². The third kappa shape index (κ3) is 5.28. The van der Waals surface area contributed by atoms with Gasteiger partial charge in [0.05, 0.1) is 22.4 Å². The molecular formula is C22H23ClN6O2. The first-order chi connectivity index (χ1) is 15.0. The number of hydrogen-bond acceptors (Lipinski definition) is 7. The smallest absolute Gasteiger partial charge is 0.292 e. The van der Waals surface area contributed by atoms with E-state index in [1.807, 2.05) is 24.4 Å². The Kier molecular flexibility index (Phi) is 6.29. The molecule has 0 unspecified atom stereocenters. The molecule has 3 aromatic rings. The zero-order chi connectivity index (χ0) is 21.8. The van der Waals surface area contributed by atoms with Gasteiger partial charge in [0.2, 0.25) is 0 Å². The fraction of sp³-hybridized carbons (Fsp3) is 0.273. The number of rotatable bonds is 5. The van der Waals surface area contributed by atoms with Crippen LogP contribution in [0.25, 0.3) is 11.1 Å². The van der Waals surface area contributed by atoms with Gasteiger partial charge in [-0.05, 0) is 49.4 Å². The number of nitrogens with two attached hydrogens (primary N) is 2. The zero-order valence-corrected chi connectivity index (χ0v) is 17.5. The molecule has 1 saturated carbocycles. The van der Waals surface area contributed by atoms with E-state index >= 15 is 0 Å². The van der Waals surface area contributed by atoms with Crippen molar-refractivity contribution in [3.8, 4) is 11.1 Å². The quantitative estimate of drug-likeness (QED) is 0.517. The number of nitrogen functional groups attached to an aromatic ring is 1. The van der Waals surface area contributed by atoms with Crippen LogP contribution < -0.4 is 16.8 Å². The number of oxazole rings is 1. The predicted molar refractivity (Wildman–Crippen MR) is 121 cm³/mol. The number of anilines is 2. The highest BCUT2D eigenvalue weighted by Crippen LogP contribution is 2.29. The lowest BCUT2D eigenvalue weighted by Gasteiger charge is -2.22. The Morgan fingerprint density at radius 1 is 1.19 bits per heavy atom. The van der Waals surface area contributed by atoms with Crippen molar-refractivity contribution in [3.63, 3.8) is 0 Å². The van der Waals surface area contributed by atoms with Gasteiger partial charge in [0, 0.05) is 24.0 Å². The van der Waals surface area contributed by atoms with E-state index in [2.05, 4.69) is 20.3 Å². The number of aromatic nitrogens is 2. The standard InChI is InChI=1S/C22H23ClN6O2/c23-18-8-2-13(9-19(18)28-21(30)20-12-31-22(25)29-20)14-1-5-17(26-10-14)11-27-16-6-3-15(24)4-7-16/h1-2,5,8-12,15-16H,3-4,6-7,24H2,(H2,25,29)(H,28,30). The third-order valence-electron chi connectivity index (χ3n) is 5.25. The Bertz CT molecular complexity index is 1090. The van der Waals surface area contributed by atoms with Crippen LogP contribution in [0.5, 0.6) is 0 Å². The molecule has 2 aromatic heterocycles. The zero-order valence-electron chi connectivity index (χ0n) is 16.8. The third-order valence-corrected chi connectivity index (χ3v) is 5.58. The summed E-state index contributed by atoms with van der Waals surface area (Å²) in [5.41, 5.74) is 14.4. The summed E-state index contributed by atoms with van der Waals surface area (Å²) in [5, 5.41) is 3.12.